The number of thiazole rings is 1. The van der Waals surface area contributed by atoms with Crippen molar-refractivity contribution in [2.75, 3.05) is 12.4 Å². The molecule has 1 N–H and O–H groups in total. The van der Waals surface area contributed by atoms with E-state index in [1.54, 1.807) is 12.1 Å². The van der Waals surface area contributed by atoms with Gasteiger partial charge in [-0.3, -0.25) is 10.1 Å². The van der Waals surface area contributed by atoms with E-state index >= 15 is 0 Å². The van der Waals surface area contributed by atoms with Gasteiger partial charge < -0.3 is 9.15 Å². The molecule has 3 aromatic heterocycles. The Kier molecular flexibility index (Phi) is 6.88. The summed E-state index contributed by atoms with van der Waals surface area (Å²) in [5, 5.41) is 3.67. The number of anilines is 1. The van der Waals surface area contributed by atoms with Gasteiger partial charge in [-0.15, -0.1) is 11.3 Å². The number of hydrogen-bond acceptors (Lipinski definition) is 9. The molecule has 0 saturated heterocycles. The molecule has 0 unspecified atom stereocenters. The zero-order chi connectivity index (χ0) is 21.8. The number of nitrogens with zero attached hydrogens (tertiary/aromatic N) is 3. The van der Waals surface area contributed by atoms with Gasteiger partial charge in [0.2, 0.25) is 0 Å². The van der Waals surface area contributed by atoms with Gasteiger partial charge in [0.15, 0.2) is 21.7 Å². The van der Waals surface area contributed by atoms with E-state index in [-0.39, 0.29) is 17.4 Å². The fourth-order valence-corrected chi connectivity index (χ4v) is 4.44. The molecule has 0 atom stereocenters. The van der Waals surface area contributed by atoms with Crippen LogP contribution in [0.1, 0.15) is 62.8 Å². The fourth-order valence-electron chi connectivity index (χ4n) is 2.65. The number of carbonyl (C=O) groups excluding carboxylic acids is 2. The molecule has 1 amide bonds. The van der Waals surface area contributed by atoms with E-state index in [0.29, 0.717) is 21.8 Å². The van der Waals surface area contributed by atoms with E-state index in [9.17, 15) is 9.59 Å². The van der Waals surface area contributed by atoms with Crippen LogP contribution in [0.4, 0.5) is 5.13 Å². The molecule has 0 bridgehead atoms. The highest BCUT2D eigenvalue weighted by atomic mass is 32.2. The Morgan fingerprint density at radius 1 is 1.20 bits per heavy atom. The van der Waals surface area contributed by atoms with Gasteiger partial charge in [-0.05, 0) is 38.0 Å². The van der Waals surface area contributed by atoms with E-state index in [2.05, 4.69) is 20.3 Å². The number of methoxy groups -OCH3 is 1. The van der Waals surface area contributed by atoms with Crippen molar-refractivity contribution < 1.29 is 18.7 Å². The van der Waals surface area contributed by atoms with Crippen LogP contribution in [-0.4, -0.2) is 33.9 Å². The minimum Gasteiger partial charge on any atom is -0.464 e. The van der Waals surface area contributed by atoms with Gasteiger partial charge in [0.1, 0.15) is 5.76 Å². The first-order valence-electron chi connectivity index (χ1n) is 9.21. The predicted octanol–water partition coefficient (Wildman–Crippen LogP) is 4.60. The zero-order valence-corrected chi connectivity index (χ0v) is 18.9. The Bertz CT molecular complexity index is 1050. The van der Waals surface area contributed by atoms with Crippen molar-refractivity contribution in [3.63, 3.8) is 0 Å². The van der Waals surface area contributed by atoms with Crippen molar-refractivity contribution >= 4 is 40.1 Å². The highest BCUT2D eigenvalue weighted by molar-refractivity contribution is 7.98. The molecule has 8 nitrogen and oxygen atoms in total. The average Bonchev–Trinajstić information content (AvgIpc) is 3.32. The number of nitrogens with one attached hydrogen (secondary N) is 1. The number of amides is 1. The number of carbonyl (C=O) groups is 2. The van der Waals surface area contributed by atoms with Gasteiger partial charge in [-0.2, -0.15) is 0 Å². The molecule has 0 aliphatic heterocycles. The largest absolute Gasteiger partial charge is 0.464 e. The quantitative estimate of drug-likeness (QED) is 0.319. The maximum Gasteiger partial charge on any atom is 0.357 e. The summed E-state index contributed by atoms with van der Waals surface area (Å²) in [6.45, 7) is 7.73. The summed E-state index contributed by atoms with van der Waals surface area (Å²) < 4.78 is 10.4. The molecule has 158 valence electrons. The monoisotopic (exact) mass is 446 g/mol. The van der Waals surface area contributed by atoms with Crippen LogP contribution in [-0.2, 0) is 10.5 Å². The number of ether oxygens (including phenoxy) is 1. The number of aromatic nitrogens is 3. The third-order valence-corrected chi connectivity index (χ3v) is 6.11. The van der Waals surface area contributed by atoms with Crippen molar-refractivity contribution in [1.82, 2.24) is 15.0 Å². The number of aryl methyl sites for hydroxylation is 2. The summed E-state index contributed by atoms with van der Waals surface area (Å²) in [5.74, 6) is 0.396. The lowest BCUT2D eigenvalue weighted by Gasteiger charge is -2.02. The predicted molar refractivity (Wildman–Crippen MR) is 115 cm³/mol. The van der Waals surface area contributed by atoms with Crippen LogP contribution in [0.2, 0.25) is 0 Å². The molecule has 3 aromatic rings. The topological polar surface area (TPSA) is 107 Å². The molecule has 0 aliphatic rings. The smallest absolute Gasteiger partial charge is 0.357 e. The van der Waals surface area contributed by atoms with Crippen molar-refractivity contribution in [1.29, 1.82) is 0 Å². The Hall–Kier alpha value is -2.72. The molecule has 0 radical (unpaired) electrons. The molecule has 0 aromatic carbocycles. The number of thioether (sulfide) groups is 1. The highest BCUT2D eigenvalue weighted by Crippen LogP contribution is 2.30. The normalized spacial score (nSPS) is 11.0. The molecular weight excluding hydrogens is 424 g/mol. The van der Waals surface area contributed by atoms with Crippen LogP contribution in [0.25, 0.3) is 0 Å². The summed E-state index contributed by atoms with van der Waals surface area (Å²) in [6.07, 6.45) is 0. The maximum atomic E-state index is 12.5. The van der Waals surface area contributed by atoms with E-state index in [1.807, 2.05) is 33.8 Å². The van der Waals surface area contributed by atoms with Gasteiger partial charge >= 0.3 is 5.97 Å². The van der Waals surface area contributed by atoms with Crippen LogP contribution in [0.15, 0.2) is 27.8 Å². The first-order chi connectivity index (χ1) is 14.3. The molecular formula is C20H22N4O4S2. The average molecular weight is 447 g/mol. The van der Waals surface area contributed by atoms with Gasteiger partial charge in [-0.25, -0.2) is 19.7 Å². The van der Waals surface area contributed by atoms with E-state index in [4.69, 9.17) is 9.15 Å². The summed E-state index contributed by atoms with van der Waals surface area (Å²) in [6, 6.07) is 5.26. The van der Waals surface area contributed by atoms with Gasteiger partial charge in [0, 0.05) is 16.3 Å². The Labute approximate surface area is 182 Å². The molecule has 0 saturated carbocycles. The maximum absolute atomic E-state index is 12.5. The molecule has 0 aliphatic carbocycles. The van der Waals surface area contributed by atoms with Crippen LogP contribution in [0.3, 0.4) is 0 Å². The molecule has 0 fully saturated rings. The van der Waals surface area contributed by atoms with Crippen LogP contribution in [0, 0.1) is 13.8 Å². The van der Waals surface area contributed by atoms with Gasteiger partial charge in [0.25, 0.3) is 5.91 Å². The fraction of sp³-hybridized carbons (Fsp3) is 0.350. The highest BCUT2D eigenvalue weighted by Gasteiger charge is 2.22. The third kappa shape index (κ3) is 5.25. The minimum atomic E-state index is -0.527. The van der Waals surface area contributed by atoms with Crippen molar-refractivity contribution in [3.05, 3.63) is 51.7 Å². The summed E-state index contributed by atoms with van der Waals surface area (Å²) in [4.78, 5) is 38.2. The number of rotatable bonds is 7. The minimum absolute atomic E-state index is 0.0713. The van der Waals surface area contributed by atoms with Crippen LogP contribution in [0.5, 0.6) is 0 Å². The SMILES string of the molecule is COC(=O)c1nc(NC(=O)c2ccc(CSc3nc(C)cc(C)n3)o2)sc1C(C)C. The lowest BCUT2D eigenvalue weighted by Crippen LogP contribution is -2.11. The van der Waals surface area contributed by atoms with E-state index in [1.165, 1.54) is 30.2 Å². The molecule has 30 heavy (non-hydrogen) atoms. The number of furan rings is 1. The Morgan fingerprint density at radius 2 is 1.90 bits per heavy atom. The van der Waals surface area contributed by atoms with Crippen molar-refractivity contribution in [2.24, 2.45) is 0 Å². The zero-order valence-electron chi connectivity index (χ0n) is 17.3. The molecule has 0 spiro atoms. The second kappa shape index (κ2) is 9.40. The molecule has 3 heterocycles. The van der Waals surface area contributed by atoms with Gasteiger partial charge in [0.05, 0.1) is 12.9 Å². The first-order valence-corrected chi connectivity index (χ1v) is 11.0. The molecule has 3 rings (SSSR count). The lowest BCUT2D eigenvalue weighted by atomic mass is 10.1. The number of esters is 1. The van der Waals surface area contributed by atoms with E-state index < -0.39 is 11.9 Å². The lowest BCUT2D eigenvalue weighted by molar-refractivity contribution is 0.0593. The Morgan fingerprint density at radius 3 is 2.53 bits per heavy atom. The first kappa shape index (κ1) is 22.0. The summed E-state index contributed by atoms with van der Waals surface area (Å²) >= 11 is 2.68. The third-order valence-electron chi connectivity index (χ3n) is 3.97. The molecule has 10 heteroatoms. The second-order valence-corrected chi connectivity index (χ2v) is 8.79. The van der Waals surface area contributed by atoms with Crippen molar-refractivity contribution in [2.45, 2.75) is 44.5 Å². The number of hydrogen-bond donors (Lipinski definition) is 1. The van der Waals surface area contributed by atoms with E-state index in [0.717, 1.165) is 16.3 Å². The standard InChI is InChI=1S/C20H22N4O4S2/c1-10(2)16-15(18(26)27-5)23-20(30-16)24-17(25)14-7-6-13(28-14)9-29-19-21-11(3)8-12(4)22-19/h6-8,10H,9H2,1-5H3,(H,23,24,25). The summed E-state index contributed by atoms with van der Waals surface area (Å²) in [7, 11) is 1.30. The van der Waals surface area contributed by atoms with Crippen LogP contribution >= 0.6 is 23.1 Å². The Balaban J connectivity index is 1.67. The van der Waals surface area contributed by atoms with Gasteiger partial charge in [-0.1, -0.05) is 25.6 Å². The van der Waals surface area contributed by atoms with Crippen LogP contribution < -0.4 is 5.32 Å². The summed E-state index contributed by atoms with van der Waals surface area (Å²) in [5.41, 5.74) is 2.03. The van der Waals surface area contributed by atoms with Crippen molar-refractivity contribution in [3.8, 4) is 0 Å². The second-order valence-electron chi connectivity index (χ2n) is 6.82.